The number of benzene rings is 2. The van der Waals surface area contributed by atoms with Crippen molar-refractivity contribution in [1.82, 2.24) is 15.2 Å². The number of aromatic nitrogens is 3. The number of nitrogens with one attached hydrogen (secondary N) is 1. The average molecular weight is 524 g/mol. The van der Waals surface area contributed by atoms with Crippen LogP contribution in [0.15, 0.2) is 64.2 Å². The minimum absolute atomic E-state index is 0.0898. The van der Waals surface area contributed by atoms with E-state index >= 15 is 0 Å². The van der Waals surface area contributed by atoms with Gasteiger partial charge in [0.2, 0.25) is 17.3 Å². The van der Waals surface area contributed by atoms with E-state index in [0.717, 1.165) is 36.3 Å². The molecule has 0 bridgehead atoms. The highest BCUT2D eigenvalue weighted by atomic mass is 35.5. The van der Waals surface area contributed by atoms with Crippen molar-refractivity contribution in [2.45, 2.75) is 37.6 Å². The summed E-state index contributed by atoms with van der Waals surface area (Å²) in [4.78, 5) is 15.2. The molecule has 9 nitrogen and oxygen atoms in total. The van der Waals surface area contributed by atoms with Crippen LogP contribution < -0.4 is 10.1 Å². The van der Waals surface area contributed by atoms with Gasteiger partial charge < -0.3 is 14.5 Å². The summed E-state index contributed by atoms with van der Waals surface area (Å²) in [6.07, 6.45) is 2.68. The molecule has 1 aliphatic rings. The Hall–Kier alpha value is -3.63. The van der Waals surface area contributed by atoms with E-state index in [9.17, 15) is 10.1 Å². The molecule has 1 N–H and O–H groups in total. The largest absolute Gasteiger partial charge is 0.455 e. The molecular weight excluding hydrogens is 502 g/mol. The van der Waals surface area contributed by atoms with E-state index in [0.29, 0.717) is 33.8 Å². The Morgan fingerprint density at radius 1 is 1.11 bits per heavy atom. The fourth-order valence-electron chi connectivity index (χ4n) is 3.81. The van der Waals surface area contributed by atoms with Crippen molar-refractivity contribution < 1.29 is 14.1 Å². The van der Waals surface area contributed by atoms with Gasteiger partial charge in [-0.3, -0.25) is 10.1 Å². The minimum atomic E-state index is -0.701. The molecule has 184 valence electrons. The Morgan fingerprint density at radius 3 is 2.78 bits per heavy atom. The number of non-ortho nitro benzene ring substituents is 1. The first-order chi connectivity index (χ1) is 17.5. The molecule has 0 saturated heterocycles. The Balaban J connectivity index is 1.46. The smallest absolute Gasteiger partial charge is 0.270 e. The zero-order chi connectivity index (χ0) is 25.1. The van der Waals surface area contributed by atoms with Crippen LogP contribution in [0.1, 0.15) is 38.2 Å². The first-order valence-corrected chi connectivity index (χ1v) is 12.8. The van der Waals surface area contributed by atoms with E-state index < -0.39 is 11.2 Å². The van der Waals surface area contributed by atoms with Crippen molar-refractivity contribution in [2.75, 3.05) is 11.1 Å². The number of furan rings is 1. The zero-order valence-corrected chi connectivity index (χ0v) is 20.9. The van der Waals surface area contributed by atoms with Crippen LogP contribution in [0.2, 0.25) is 5.02 Å². The van der Waals surface area contributed by atoms with Crippen molar-refractivity contribution in [2.24, 2.45) is 0 Å². The molecule has 0 spiro atoms. The summed E-state index contributed by atoms with van der Waals surface area (Å²) in [5, 5.41) is 23.9. The Bertz CT molecular complexity index is 1410. The molecule has 36 heavy (non-hydrogen) atoms. The molecular formula is C25H22ClN5O4S. The molecule has 2 aromatic heterocycles. The van der Waals surface area contributed by atoms with E-state index in [1.165, 1.54) is 12.1 Å². The number of unbranched alkanes of at least 4 members (excludes halogenated alkanes) is 2. The molecule has 0 aliphatic carbocycles. The first kappa shape index (κ1) is 24.1. The van der Waals surface area contributed by atoms with Crippen molar-refractivity contribution in [3.63, 3.8) is 0 Å². The lowest BCUT2D eigenvalue weighted by atomic mass is 10.1. The quantitative estimate of drug-likeness (QED) is 0.111. The third kappa shape index (κ3) is 5.00. The number of ether oxygens (including phenoxy) is 1. The molecule has 0 fully saturated rings. The summed E-state index contributed by atoms with van der Waals surface area (Å²) in [6, 6.07) is 15.5. The lowest BCUT2D eigenvalue weighted by Crippen LogP contribution is -2.16. The topological polar surface area (TPSA) is 116 Å². The van der Waals surface area contributed by atoms with E-state index in [1.807, 2.05) is 24.3 Å². The maximum Gasteiger partial charge on any atom is 0.270 e. The van der Waals surface area contributed by atoms with Gasteiger partial charge in [-0.15, -0.1) is 10.2 Å². The lowest BCUT2D eigenvalue weighted by molar-refractivity contribution is -0.384. The number of halogens is 1. The van der Waals surface area contributed by atoms with E-state index in [2.05, 4.69) is 27.4 Å². The SMILES string of the molecule is CCCCCSc1nnc2c(n1)OC(c1ccc(-c3ccc([N+](=O)[O-])cc3Cl)o1)Nc1ccccc1-2. The van der Waals surface area contributed by atoms with Gasteiger partial charge in [0.05, 0.1) is 9.95 Å². The molecule has 1 unspecified atom stereocenters. The highest BCUT2D eigenvalue weighted by molar-refractivity contribution is 7.99. The third-order valence-corrected chi connectivity index (χ3v) is 6.86. The van der Waals surface area contributed by atoms with Gasteiger partial charge in [0.15, 0.2) is 11.5 Å². The van der Waals surface area contributed by atoms with Crippen LogP contribution in [-0.2, 0) is 0 Å². The zero-order valence-electron chi connectivity index (χ0n) is 19.3. The second-order valence-electron chi connectivity index (χ2n) is 8.11. The number of nitrogens with zero attached hydrogens (tertiary/aromatic N) is 4. The Morgan fingerprint density at radius 2 is 1.97 bits per heavy atom. The monoisotopic (exact) mass is 523 g/mol. The number of hydrogen-bond acceptors (Lipinski definition) is 9. The average Bonchev–Trinajstić information content (AvgIpc) is 3.30. The van der Waals surface area contributed by atoms with Crippen molar-refractivity contribution >= 4 is 34.7 Å². The van der Waals surface area contributed by atoms with Gasteiger partial charge in [-0.05, 0) is 30.7 Å². The molecule has 5 rings (SSSR count). The number of para-hydroxylation sites is 1. The van der Waals surface area contributed by atoms with Crippen LogP contribution >= 0.6 is 23.4 Å². The minimum Gasteiger partial charge on any atom is -0.455 e. The summed E-state index contributed by atoms with van der Waals surface area (Å²) >= 11 is 7.86. The number of anilines is 1. The molecule has 11 heteroatoms. The van der Waals surface area contributed by atoms with Gasteiger partial charge in [0.25, 0.3) is 5.69 Å². The van der Waals surface area contributed by atoms with E-state index in [-0.39, 0.29) is 10.7 Å². The predicted molar refractivity (Wildman–Crippen MR) is 138 cm³/mol. The molecule has 1 aliphatic heterocycles. The highest BCUT2D eigenvalue weighted by Gasteiger charge is 2.28. The maximum absolute atomic E-state index is 11.0. The summed E-state index contributed by atoms with van der Waals surface area (Å²) in [5.41, 5.74) is 2.62. The fourth-order valence-corrected chi connectivity index (χ4v) is 4.85. The molecule has 0 amide bonds. The normalized spacial score (nSPS) is 14.2. The molecule has 4 aromatic rings. The molecule has 0 radical (unpaired) electrons. The van der Waals surface area contributed by atoms with Crippen LogP contribution in [-0.4, -0.2) is 25.9 Å². The molecule has 1 atom stereocenters. The fraction of sp³-hybridized carbons (Fsp3) is 0.240. The van der Waals surface area contributed by atoms with Gasteiger partial charge in [-0.25, -0.2) is 0 Å². The number of rotatable bonds is 8. The standard InChI is InChI=1S/C25H22ClN5O4S/c1-2-3-6-13-36-25-28-24-22(29-30-25)17-7-4-5-8-19(17)27-23(35-24)21-12-11-20(34-21)16-10-9-15(31(32)33)14-18(16)26/h4-5,7-12,14,23,27H,2-3,6,13H2,1H3. The van der Waals surface area contributed by atoms with Crippen LogP contribution in [0.4, 0.5) is 11.4 Å². The van der Waals surface area contributed by atoms with Crippen LogP contribution in [0.3, 0.4) is 0 Å². The van der Waals surface area contributed by atoms with Crippen LogP contribution in [0, 0.1) is 10.1 Å². The van der Waals surface area contributed by atoms with Gasteiger partial charge in [-0.1, -0.05) is 61.3 Å². The summed E-state index contributed by atoms with van der Waals surface area (Å²) in [5.74, 6) is 2.21. The van der Waals surface area contributed by atoms with Crippen molar-refractivity contribution in [1.29, 1.82) is 0 Å². The molecule has 3 heterocycles. The Labute approximate surface area is 216 Å². The highest BCUT2D eigenvalue weighted by Crippen LogP contribution is 2.41. The van der Waals surface area contributed by atoms with Gasteiger partial charge in [0, 0.05) is 34.7 Å². The number of fused-ring (bicyclic) bond motifs is 3. The van der Waals surface area contributed by atoms with E-state index in [1.54, 1.807) is 30.0 Å². The van der Waals surface area contributed by atoms with Gasteiger partial charge in [-0.2, -0.15) is 4.98 Å². The summed E-state index contributed by atoms with van der Waals surface area (Å²) < 4.78 is 12.4. The van der Waals surface area contributed by atoms with Crippen LogP contribution in [0.5, 0.6) is 5.88 Å². The van der Waals surface area contributed by atoms with Gasteiger partial charge >= 0.3 is 0 Å². The summed E-state index contributed by atoms with van der Waals surface area (Å²) in [6.45, 7) is 2.17. The van der Waals surface area contributed by atoms with Gasteiger partial charge in [0.1, 0.15) is 5.76 Å². The number of thioether (sulfide) groups is 1. The predicted octanol–water partition coefficient (Wildman–Crippen LogP) is 7.15. The number of hydrogen-bond donors (Lipinski definition) is 1. The Kier molecular flexibility index (Phi) is 7.06. The maximum atomic E-state index is 11.0. The number of nitro benzene ring substituents is 1. The van der Waals surface area contributed by atoms with Crippen LogP contribution in [0.25, 0.3) is 22.6 Å². The van der Waals surface area contributed by atoms with E-state index in [4.69, 9.17) is 20.8 Å². The molecule has 0 saturated carbocycles. The third-order valence-electron chi connectivity index (χ3n) is 5.63. The van der Waals surface area contributed by atoms with Crippen molar-refractivity contribution in [3.8, 4) is 28.5 Å². The number of nitro groups is 1. The first-order valence-electron chi connectivity index (χ1n) is 11.5. The molecule has 2 aromatic carbocycles. The lowest BCUT2D eigenvalue weighted by Gasteiger charge is -2.16. The second kappa shape index (κ2) is 10.5. The second-order valence-corrected chi connectivity index (χ2v) is 9.58. The summed E-state index contributed by atoms with van der Waals surface area (Å²) in [7, 11) is 0. The van der Waals surface area contributed by atoms with Crippen molar-refractivity contribution in [3.05, 3.63) is 75.5 Å².